The van der Waals surface area contributed by atoms with Gasteiger partial charge in [0.25, 0.3) is 0 Å². The number of hydrogen-bond acceptors (Lipinski definition) is 5. The molecule has 0 fully saturated rings. The Morgan fingerprint density at radius 3 is 2.52 bits per heavy atom. The zero-order valence-electron chi connectivity index (χ0n) is 16.4. The van der Waals surface area contributed by atoms with E-state index in [1.54, 1.807) is 42.5 Å². The van der Waals surface area contributed by atoms with Crippen LogP contribution in [-0.2, 0) is 16.4 Å². The molecule has 158 valence electrons. The summed E-state index contributed by atoms with van der Waals surface area (Å²) in [6.45, 7) is 0.0557. The summed E-state index contributed by atoms with van der Waals surface area (Å²) >= 11 is 5.77. The smallest absolute Gasteiger partial charge is 0.216 e. The maximum atomic E-state index is 13.3. The number of hydrogen-bond donors (Lipinski definition) is 0. The fourth-order valence-corrected chi connectivity index (χ4v) is 4.13. The quantitative estimate of drug-likeness (QED) is 0.443. The van der Waals surface area contributed by atoms with Gasteiger partial charge < -0.3 is 9.47 Å². The summed E-state index contributed by atoms with van der Waals surface area (Å²) < 4.78 is 49.8. The number of sulfone groups is 1. The van der Waals surface area contributed by atoms with E-state index in [1.165, 1.54) is 43.5 Å². The molecule has 0 aliphatic heterocycles. The molecule has 31 heavy (non-hydrogen) atoms. The molecule has 0 heterocycles. The van der Waals surface area contributed by atoms with Crippen molar-refractivity contribution in [3.8, 4) is 17.6 Å². The first kappa shape index (κ1) is 22.3. The van der Waals surface area contributed by atoms with E-state index < -0.39 is 15.7 Å². The summed E-state index contributed by atoms with van der Waals surface area (Å²) in [7, 11) is -2.46. The highest BCUT2D eigenvalue weighted by molar-refractivity contribution is 7.95. The van der Waals surface area contributed by atoms with Crippen LogP contribution in [0.5, 0.6) is 11.5 Å². The molecular weight excluding hydrogens is 441 g/mol. The van der Waals surface area contributed by atoms with Crippen LogP contribution in [0.15, 0.2) is 76.5 Å². The van der Waals surface area contributed by atoms with Crippen LogP contribution in [0, 0.1) is 17.1 Å². The number of benzene rings is 3. The molecule has 0 bridgehead atoms. The van der Waals surface area contributed by atoms with Crippen molar-refractivity contribution >= 4 is 27.5 Å². The van der Waals surface area contributed by atoms with E-state index in [1.807, 2.05) is 0 Å². The van der Waals surface area contributed by atoms with Gasteiger partial charge in [0.05, 0.1) is 17.0 Å². The Morgan fingerprint density at radius 1 is 1.13 bits per heavy atom. The van der Waals surface area contributed by atoms with Crippen LogP contribution < -0.4 is 9.47 Å². The number of allylic oxidation sites excluding steroid dienone is 1. The van der Waals surface area contributed by atoms with Crippen LogP contribution in [0.3, 0.4) is 0 Å². The summed E-state index contributed by atoms with van der Waals surface area (Å²) in [4.78, 5) is -0.353. The minimum Gasteiger partial charge on any atom is -0.496 e. The number of nitrogens with zero attached hydrogens (tertiary/aromatic N) is 1. The average molecular weight is 458 g/mol. The third-order valence-electron chi connectivity index (χ3n) is 4.34. The molecule has 3 aromatic carbocycles. The normalized spacial score (nSPS) is 11.6. The molecule has 0 saturated heterocycles. The first-order valence-electron chi connectivity index (χ1n) is 9.02. The maximum Gasteiger partial charge on any atom is 0.216 e. The molecule has 0 saturated carbocycles. The second-order valence-electron chi connectivity index (χ2n) is 6.37. The van der Waals surface area contributed by atoms with Crippen molar-refractivity contribution < 1.29 is 22.3 Å². The minimum atomic E-state index is -3.95. The first-order valence-corrected chi connectivity index (χ1v) is 10.9. The molecule has 0 spiro atoms. The maximum absolute atomic E-state index is 13.3. The summed E-state index contributed by atoms with van der Waals surface area (Å²) in [6.07, 6.45) is 1.29. The number of halogens is 2. The second kappa shape index (κ2) is 9.65. The molecule has 0 aliphatic carbocycles. The van der Waals surface area contributed by atoms with Gasteiger partial charge in [0, 0.05) is 11.6 Å². The van der Waals surface area contributed by atoms with E-state index in [4.69, 9.17) is 21.1 Å². The van der Waals surface area contributed by atoms with Crippen LogP contribution in [0.1, 0.15) is 11.1 Å². The Balaban J connectivity index is 1.91. The molecule has 3 rings (SSSR count). The molecule has 0 aromatic heterocycles. The predicted molar refractivity (Wildman–Crippen MR) is 116 cm³/mol. The molecule has 0 N–H and O–H groups in total. The molecule has 8 heteroatoms. The Bertz CT molecular complexity index is 1270. The molecule has 0 amide bonds. The van der Waals surface area contributed by atoms with E-state index in [0.29, 0.717) is 22.6 Å². The average Bonchev–Trinajstić information content (AvgIpc) is 2.78. The summed E-state index contributed by atoms with van der Waals surface area (Å²) in [5.41, 5.74) is 1.08. The molecule has 0 unspecified atom stereocenters. The van der Waals surface area contributed by atoms with E-state index >= 15 is 0 Å². The Morgan fingerprint density at radius 2 is 1.87 bits per heavy atom. The van der Waals surface area contributed by atoms with Gasteiger partial charge in [0.15, 0.2) is 0 Å². The lowest BCUT2D eigenvalue weighted by molar-refractivity contribution is 0.296. The largest absolute Gasteiger partial charge is 0.496 e. The highest BCUT2D eigenvalue weighted by atomic mass is 35.5. The Labute approximate surface area is 184 Å². The lowest BCUT2D eigenvalue weighted by Gasteiger charge is -2.12. The highest BCUT2D eigenvalue weighted by Crippen LogP contribution is 2.27. The van der Waals surface area contributed by atoms with Gasteiger partial charge in [0.1, 0.15) is 34.9 Å². The van der Waals surface area contributed by atoms with E-state index in [2.05, 4.69) is 0 Å². The van der Waals surface area contributed by atoms with Crippen molar-refractivity contribution in [2.45, 2.75) is 11.5 Å². The molecule has 0 radical (unpaired) electrons. The van der Waals surface area contributed by atoms with Crippen molar-refractivity contribution in [3.05, 3.63) is 93.6 Å². The third kappa shape index (κ3) is 5.23. The standard InChI is InChI=1S/C23H17ClFNO4S/c1-29-23-10-7-16(11-17(23)15-30-18-8-9-22(25)21(24)13-18)12-20(14-26)31(27,28)19-5-3-2-4-6-19/h2-13H,15H2,1H3/b20-12+. The summed E-state index contributed by atoms with van der Waals surface area (Å²) in [6, 6.07) is 18.4. The van der Waals surface area contributed by atoms with Gasteiger partial charge in [-0.15, -0.1) is 0 Å². The fraction of sp³-hybridized carbons (Fsp3) is 0.0870. The van der Waals surface area contributed by atoms with Gasteiger partial charge in [-0.3, -0.25) is 0 Å². The van der Waals surface area contributed by atoms with Gasteiger partial charge in [0.2, 0.25) is 9.84 Å². The van der Waals surface area contributed by atoms with Crippen LogP contribution in [0.2, 0.25) is 5.02 Å². The van der Waals surface area contributed by atoms with E-state index in [-0.39, 0.29) is 21.4 Å². The van der Waals surface area contributed by atoms with E-state index in [0.717, 1.165) is 0 Å². The predicted octanol–water partition coefficient (Wildman–Crippen LogP) is 5.41. The number of rotatable bonds is 7. The van der Waals surface area contributed by atoms with Gasteiger partial charge in [-0.2, -0.15) is 5.26 Å². The lowest BCUT2D eigenvalue weighted by Crippen LogP contribution is -2.03. The van der Waals surface area contributed by atoms with Crippen LogP contribution in [-0.4, -0.2) is 15.5 Å². The monoisotopic (exact) mass is 457 g/mol. The molecular formula is C23H17ClFNO4S. The highest BCUT2D eigenvalue weighted by Gasteiger charge is 2.20. The van der Waals surface area contributed by atoms with E-state index in [9.17, 15) is 18.1 Å². The minimum absolute atomic E-state index is 0.0352. The first-order chi connectivity index (χ1) is 14.8. The van der Waals surface area contributed by atoms with Crippen LogP contribution >= 0.6 is 11.6 Å². The van der Waals surface area contributed by atoms with Crippen molar-refractivity contribution in [2.24, 2.45) is 0 Å². The molecule has 3 aromatic rings. The van der Waals surface area contributed by atoms with Gasteiger partial charge in [-0.25, -0.2) is 12.8 Å². The van der Waals surface area contributed by atoms with Gasteiger partial charge in [-0.1, -0.05) is 35.9 Å². The number of methoxy groups -OCH3 is 1. The Kier molecular flexibility index (Phi) is 6.95. The van der Waals surface area contributed by atoms with Crippen LogP contribution in [0.4, 0.5) is 4.39 Å². The van der Waals surface area contributed by atoms with Crippen molar-refractivity contribution in [1.82, 2.24) is 0 Å². The zero-order chi connectivity index (χ0) is 22.4. The second-order valence-corrected chi connectivity index (χ2v) is 8.70. The van der Waals surface area contributed by atoms with Gasteiger partial charge >= 0.3 is 0 Å². The number of ether oxygens (including phenoxy) is 2. The number of nitriles is 1. The molecule has 5 nitrogen and oxygen atoms in total. The fourth-order valence-electron chi connectivity index (χ4n) is 2.78. The summed E-state index contributed by atoms with van der Waals surface area (Å²) in [5, 5.41) is 9.40. The molecule has 0 atom stereocenters. The zero-order valence-corrected chi connectivity index (χ0v) is 18.0. The third-order valence-corrected chi connectivity index (χ3v) is 6.31. The summed E-state index contributed by atoms with van der Waals surface area (Å²) in [5.74, 6) is 0.316. The topological polar surface area (TPSA) is 76.4 Å². The van der Waals surface area contributed by atoms with Crippen molar-refractivity contribution in [2.75, 3.05) is 7.11 Å². The van der Waals surface area contributed by atoms with Gasteiger partial charge in [-0.05, 0) is 48.0 Å². The molecule has 0 aliphatic rings. The van der Waals surface area contributed by atoms with Crippen molar-refractivity contribution in [3.63, 3.8) is 0 Å². The van der Waals surface area contributed by atoms with Crippen LogP contribution in [0.25, 0.3) is 6.08 Å². The lowest BCUT2D eigenvalue weighted by atomic mass is 10.1. The van der Waals surface area contributed by atoms with Crippen molar-refractivity contribution in [1.29, 1.82) is 5.26 Å². The SMILES string of the molecule is COc1ccc(/C=C(\C#N)S(=O)(=O)c2ccccc2)cc1COc1ccc(F)c(Cl)c1. The Hall–Kier alpha value is -3.34.